The van der Waals surface area contributed by atoms with Gasteiger partial charge in [0, 0.05) is 29.1 Å². The minimum Gasteiger partial charge on any atom is -0.351 e. The molecule has 4 N–H and O–H groups in total. The smallest absolute Gasteiger partial charge is 0.316 e. The van der Waals surface area contributed by atoms with Crippen LogP contribution in [0.25, 0.3) is 0 Å². The van der Waals surface area contributed by atoms with E-state index in [2.05, 4.69) is 31.8 Å². The Labute approximate surface area is 135 Å². The first-order chi connectivity index (χ1) is 10.8. The van der Waals surface area contributed by atoms with Crippen molar-refractivity contribution >= 4 is 29.0 Å². The number of benzene rings is 2. The van der Waals surface area contributed by atoms with Gasteiger partial charge >= 0.3 is 6.03 Å². The van der Waals surface area contributed by atoms with Crippen LogP contribution in [0.15, 0.2) is 48.5 Å². The molecule has 0 saturated carbocycles. The number of amides is 3. The topological polar surface area (TPSA) is 84.2 Å². The van der Waals surface area contributed by atoms with Gasteiger partial charge in [-0.15, -0.1) is 0 Å². The molecule has 0 radical (unpaired) electrons. The maximum absolute atomic E-state index is 12.2. The molecule has 0 bridgehead atoms. The van der Waals surface area contributed by atoms with Crippen LogP contribution in [0.5, 0.6) is 0 Å². The number of nitrogens with zero attached hydrogens (tertiary/aromatic N) is 1. The largest absolute Gasteiger partial charge is 0.351 e. The van der Waals surface area contributed by atoms with Crippen molar-refractivity contribution in [2.45, 2.75) is 0 Å². The molecule has 0 atom stereocenters. The lowest BCUT2D eigenvalue weighted by Crippen LogP contribution is -2.34. The summed E-state index contributed by atoms with van der Waals surface area (Å²) in [6, 6.07) is 13.6. The highest BCUT2D eigenvalue weighted by molar-refractivity contribution is 6.04. The van der Waals surface area contributed by atoms with Gasteiger partial charge in [0.05, 0.1) is 21.1 Å². The number of hydrogen-bond donors (Lipinski definition) is 3. The van der Waals surface area contributed by atoms with E-state index in [9.17, 15) is 9.59 Å². The van der Waals surface area contributed by atoms with Crippen molar-refractivity contribution in [1.29, 1.82) is 0 Å². The fraction of sp³-hybridized carbons (Fsp3) is 0.176. The molecule has 3 amide bonds. The molecular formula is C17H21N4O2+. The van der Waals surface area contributed by atoms with E-state index in [0.29, 0.717) is 15.7 Å². The first kappa shape index (κ1) is 16.5. The van der Waals surface area contributed by atoms with E-state index in [1.54, 1.807) is 24.3 Å². The second-order valence-electron chi connectivity index (χ2n) is 6.08. The molecule has 6 nitrogen and oxygen atoms in total. The molecule has 0 aromatic heterocycles. The van der Waals surface area contributed by atoms with E-state index in [0.717, 1.165) is 11.4 Å². The van der Waals surface area contributed by atoms with Gasteiger partial charge in [-0.2, -0.15) is 0 Å². The molecule has 0 aliphatic carbocycles. The Hall–Kier alpha value is -2.86. The van der Waals surface area contributed by atoms with Crippen molar-refractivity contribution in [1.82, 2.24) is 4.48 Å². The van der Waals surface area contributed by atoms with Crippen LogP contribution < -0.4 is 20.9 Å². The highest BCUT2D eigenvalue weighted by Gasteiger charge is 2.12. The van der Waals surface area contributed by atoms with Crippen LogP contribution in [0.3, 0.4) is 0 Å². The fourth-order valence-electron chi connectivity index (χ4n) is 2.04. The summed E-state index contributed by atoms with van der Waals surface area (Å²) in [7, 11) is 6.24. The Morgan fingerprint density at radius 1 is 0.826 bits per heavy atom. The average molecular weight is 313 g/mol. The lowest BCUT2D eigenvalue weighted by molar-refractivity contribution is 0.102. The van der Waals surface area contributed by atoms with Crippen LogP contribution in [0, 0.1) is 0 Å². The molecule has 23 heavy (non-hydrogen) atoms. The molecule has 0 heterocycles. The third-order valence-electron chi connectivity index (χ3n) is 3.31. The molecule has 0 aliphatic heterocycles. The van der Waals surface area contributed by atoms with Gasteiger partial charge in [-0.05, 0) is 36.4 Å². The molecule has 0 aliphatic rings. The van der Waals surface area contributed by atoms with Crippen LogP contribution in [0.2, 0.25) is 0 Å². The number of carbonyl (C=O) groups is 2. The molecule has 0 saturated heterocycles. The van der Waals surface area contributed by atoms with Crippen LogP contribution in [0.1, 0.15) is 10.4 Å². The summed E-state index contributed by atoms with van der Waals surface area (Å²) < 4.78 is 0.711. The Morgan fingerprint density at radius 3 is 1.78 bits per heavy atom. The SMILES string of the molecule is C[N+](C)(C)c1ccc(NC(=O)c2ccc(NC(N)=O)cc2)cc1. The van der Waals surface area contributed by atoms with Crippen molar-refractivity contribution in [3.05, 3.63) is 54.1 Å². The molecule has 2 aromatic rings. The van der Waals surface area contributed by atoms with Crippen LogP contribution in [-0.2, 0) is 0 Å². The molecule has 2 rings (SSSR count). The minimum absolute atomic E-state index is 0.214. The first-order valence-corrected chi connectivity index (χ1v) is 7.15. The lowest BCUT2D eigenvalue weighted by atomic mass is 10.2. The van der Waals surface area contributed by atoms with Crippen molar-refractivity contribution in [3.8, 4) is 0 Å². The normalized spacial score (nSPS) is 10.9. The van der Waals surface area contributed by atoms with Crippen molar-refractivity contribution in [2.24, 2.45) is 5.73 Å². The first-order valence-electron chi connectivity index (χ1n) is 7.15. The maximum atomic E-state index is 12.2. The van der Waals surface area contributed by atoms with Gasteiger partial charge in [-0.25, -0.2) is 4.79 Å². The van der Waals surface area contributed by atoms with Crippen molar-refractivity contribution < 1.29 is 9.59 Å². The number of rotatable bonds is 4. The van der Waals surface area contributed by atoms with Crippen LogP contribution in [0.4, 0.5) is 21.9 Å². The quantitative estimate of drug-likeness (QED) is 0.758. The summed E-state index contributed by atoms with van der Waals surface area (Å²) in [5, 5.41) is 5.29. The summed E-state index contributed by atoms with van der Waals surface area (Å²) in [4.78, 5) is 23.0. The molecule has 6 heteroatoms. The average Bonchev–Trinajstić information content (AvgIpc) is 2.47. The Kier molecular flexibility index (Phi) is 4.66. The molecular weight excluding hydrogens is 292 g/mol. The van der Waals surface area contributed by atoms with Gasteiger partial charge in [0.2, 0.25) is 0 Å². The summed E-state index contributed by atoms with van der Waals surface area (Å²) in [6.45, 7) is 0. The lowest BCUT2D eigenvalue weighted by Gasteiger charge is -2.23. The van der Waals surface area contributed by atoms with Gasteiger partial charge < -0.3 is 16.4 Å². The number of anilines is 2. The third kappa shape index (κ3) is 4.55. The number of primary amides is 1. The van der Waals surface area contributed by atoms with Gasteiger partial charge in [-0.1, -0.05) is 0 Å². The Bertz CT molecular complexity index is 701. The zero-order valence-electron chi connectivity index (χ0n) is 13.5. The van der Waals surface area contributed by atoms with Crippen LogP contribution >= 0.6 is 0 Å². The van der Waals surface area contributed by atoms with E-state index < -0.39 is 6.03 Å². The van der Waals surface area contributed by atoms with E-state index in [1.165, 1.54) is 0 Å². The van der Waals surface area contributed by atoms with Crippen molar-refractivity contribution in [2.75, 3.05) is 31.8 Å². The number of nitrogens with one attached hydrogen (secondary N) is 2. The number of hydrogen-bond acceptors (Lipinski definition) is 2. The van der Waals surface area contributed by atoms with Crippen LogP contribution in [-0.4, -0.2) is 33.1 Å². The van der Waals surface area contributed by atoms with Gasteiger partial charge in [-0.3, -0.25) is 9.28 Å². The van der Waals surface area contributed by atoms with E-state index in [4.69, 9.17) is 5.73 Å². The molecule has 0 fully saturated rings. The zero-order chi connectivity index (χ0) is 17.0. The van der Waals surface area contributed by atoms with E-state index in [-0.39, 0.29) is 5.91 Å². The summed E-state index contributed by atoms with van der Waals surface area (Å²) in [6.07, 6.45) is 0. The third-order valence-corrected chi connectivity index (χ3v) is 3.31. The predicted molar refractivity (Wildman–Crippen MR) is 93.6 cm³/mol. The highest BCUT2D eigenvalue weighted by atomic mass is 16.2. The maximum Gasteiger partial charge on any atom is 0.316 e. The summed E-state index contributed by atoms with van der Waals surface area (Å²) in [5.41, 5.74) is 7.95. The fourth-order valence-corrected chi connectivity index (χ4v) is 2.04. The Balaban J connectivity index is 2.05. The second kappa shape index (κ2) is 6.50. The van der Waals surface area contributed by atoms with Crippen molar-refractivity contribution in [3.63, 3.8) is 0 Å². The molecule has 2 aromatic carbocycles. The standard InChI is InChI=1S/C17H20N4O2/c1-21(2,3)15-10-8-13(9-11-15)19-16(22)12-4-6-14(7-5-12)20-17(18)23/h4-11H,1-3H3,(H3-,18,19,20,22,23)/p+1. The van der Waals surface area contributed by atoms with E-state index in [1.807, 2.05) is 24.3 Å². The summed E-state index contributed by atoms with van der Waals surface area (Å²) in [5.74, 6) is -0.214. The Morgan fingerprint density at radius 2 is 1.30 bits per heavy atom. The minimum atomic E-state index is -0.639. The molecule has 120 valence electrons. The van der Waals surface area contributed by atoms with Gasteiger partial charge in [0.1, 0.15) is 5.69 Å². The zero-order valence-corrected chi connectivity index (χ0v) is 13.5. The highest BCUT2D eigenvalue weighted by Crippen LogP contribution is 2.20. The second-order valence-corrected chi connectivity index (χ2v) is 6.08. The molecule has 0 spiro atoms. The summed E-state index contributed by atoms with van der Waals surface area (Å²) >= 11 is 0. The predicted octanol–water partition coefficient (Wildman–Crippen LogP) is 2.63. The van der Waals surface area contributed by atoms with E-state index >= 15 is 0 Å². The monoisotopic (exact) mass is 313 g/mol. The number of carbonyl (C=O) groups excluding carboxylic acids is 2. The molecule has 0 unspecified atom stereocenters. The van der Waals surface area contributed by atoms with Gasteiger partial charge in [0.15, 0.2) is 0 Å². The van der Waals surface area contributed by atoms with Gasteiger partial charge in [0.25, 0.3) is 5.91 Å². The number of urea groups is 1. The number of quaternary nitrogens is 1. The number of nitrogens with two attached hydrogens (primary N) is 1.